The summed E-state index contributed by atoms with van der Waals surface area (Å²) >= 11 is 2.15. The van der Waals surface area contributed by atoms with Gasteiger partial charge in [-0.05, 0) is 40.3 Å². The predicted molar refractivity (Wildman–Crippen MR) is 73.0 cm³/mol. The fraction of sp³-hybridized carbons (Fsp3) is 0.0909. The molecule has 1 aromatic carbocycles. The van der Waals surface area contributed by atoms with E-state index in [1.165, 1.54) is 12.1 Å². The number of rotatable bonds is 3. The number of benzene rings is 1. The minimum absolute atomic E-state index is 0.119. The zero-order valence-corrected chi connectivity index (χ0v) is 11.4. The highest BCUT2D eigenvalue weighted by molar-refractivity contribution is 14.1. The molecule has 94 valence electrons. The first-order valence-corrected chi connectivity index (χ1v) is 6.12. The summed E-state index contributed by atoms with van der Waals surface area (Å²) in [4.78, 5) is 0. The van der Waals surface area contributed by atoms with Gasteiger partial charge < -0.3 is 10.9 Å². The van der Waals surface area contributed by atoms with Crippen LogP contribution >= 0.6 is 22.6 Å². The van der Waals surface area contributed by atoms with E-state index in [0.717, 1.165) is 9.13 Å². The third-order valence-corrected chi connectivity index (χ3v) is 2.95. The Balaban J connectivity index is 2.38. The Hall–Kier alpha value is -1.64. The van der Waals surface area contributed by atoms with Crippen LogP contribution in [0, 0.1) is 9.39 Å². The molecule has 0 saturated heterocycles. The van der Waals surface area contributed by atoms with Crippen molar-refractivity contribution in [1.82, 2.24) is 9.78 Å². The van der Waals surface area contributed by atoms with Crippen LogP contribution in [-0.2, 0) is 6.54 Å². The van der Waals surface area contributed by atoms with Crippen LogP contribution in [0.1, 0.15) is 11.1 Å². The third-order valence-electron chi connectivity index (χ3n) is 2.39. The molecule has 0 atom stereocenters. The Labute approximate surface area is 116 Å². The fourth-order valence-corrected chi connectivity index (χ4v) is 2.02. The van der Waals surface area contributed by atoms with E-state index in [2.05, 4.69) is 32.8 Å². The highest BCUT2D eigenvalue weighted by atomic mass is 127. The maximum Gasteiger partial charge on any atom is 0.170 e. The first-order chi connectivity index (χ1) is 8.60. The molecule has 5 nitrogen and oxygen atoms in total. The lowest BCUT2D eigenvalue weighted by Gasteiger charge is -2.08. The van der Waals surface area contributed by atoms with Crippen molar-refractivity contribution in [3.8, 4) is 0 Å². The summed E-state index contributed by atoms with van der Waals surface area (Å²) in [5, 5.41) is 15.7. The zero-order chi connectivity index (χ0) is 13.1. The van der Waals surface area contributed by atoms with Crippen LogP contribution in [0.15, 0.2) is 35.7 Å². The second-order valence-corrected chi connectivity index (χ2v) is 4.89. The van der Waals surface area contributed by atoms with E-state index in [0.29, 0.717) is 12.1 Å². The molecule has 0 bridgehead atoms. The zero-order valence-electron chi connectivity index (χ0n) is 9.22. The Bertz CT molecular complexity index is 596. The Morgan fingerprint density at radius 2 is 2.33 bits per heavy atom. The van der Waals surface area contributed by atoms with Gasteiger partial charge in [-0.25, -0.2) is 4.39 Å². The van der Waals surface area contributed by atoms with Crippen LogP contribution in [0.5, 0.6) is 0 Å². The van der Waals surface area contributed by atoms with Crippen molar-refractivity contribution in [2.45, 2.75) is 6.54 Å². The standard InChI is InChI=1S/C11H10FIN4O/c12-8-2-1-7(10(3-8)11(14)16-18)5-17-6-9(13)4-15-17/h1-4,6,18H,5H2,(H2,14,16). The van der Waals surface area contributed by atoms with Gasteiger partial charge in [-0.15, -0.1) is 0 Å². The molecule has 0 spiro atoms. The minimum Gasteiger partial charge on any atom is -0.409 e. The second-order valence-electron chi connectivity index (χ2n) is 3.64. The van der Waals surface area contributed by atoms with Gasteiger partial charge in [-0.3, -0.25) is 4.68 Å². The normalized spacial score (nSPS) is 11.8. The van der Waals surface area contributed by atoms with Crippen LogP contribution in [-0.4, -0.2) is 20.8 Å². The summed E-state index contributed by atoms with van der Waals surface area (Å²) in [7, 11) is 0. The van der Waals surface area contributed by atoms with E-state index in [-0.39, 0.29) is 5.84 Å². The molecule has 18 heavy (non-hydrogen) atoms. The SMILES string of the molecule is NC(=NO)c1cc(F)ccc1Cn1cc(I)cn1. The number of oxime groups is 1. The van der Waals surface area contributed by atoms with Crippen molar-refractivity contribution in [3.05, 3.63) is 51.1 Å². The van der Waals surface area contributed by atoms with Gasteiger partial charge in [0.1, 0.15) is 5.82 Å². The molecule has 0 aliphatic carbocycles. The van der Waals surface area contributed by atoms with Crippen LogP contribution in [0.3, 0.4) is 0 Å². The first-order valence-electron chi connectivity index (χ1n) is 5.04. The summed E-state index contributed by atoms with van der Waals surface area (Å²) in [5.74, 6) is -0.554. The molecule has 0 amide bonds. The van der Waals surface area contributed by atoms with Gasteiger partial charge in [-0.2, -0.15) is 5.10 Å². The van der Waals surface area contributed by atoms with Crippen molar-refractivity contribution in [2.24, 2.45) is 10.9 Å². The summed E-state index contributed by atoms with van der Waals surface area (Å²) in [6.45, 7) is 0.425. The van der Waals surface area contributed by atoms with E-state index in [1.807, 2.05) is 6.20 Å². The number of amidine groups is 1. The van der Waals surface area contributed by atoms with Crippen molar-refractivity contribution >= 4 is 28.4 Å². The lowest BCUT2D eigenvalue weighted by atomic mass is 10.1. The number of hydrogen-bond acceptors (Lipinski definition) is 3. The van der Waals surface area contributed by atoms with Crippen molar-refractivity contribution < 1.29 is 9.60 Å². The lowest BCUT2D eigenvalue weighted by molar-refractivity contribution is 0.318. The van der Waals surface area contributed by atoms with Gasteiger partial charge in [0.15, 0.2) is 5.84 Å². The maximum absolute atomic E-state index is 13.2. The van der Waals surface area contributed by atoms with Gasteiger partial charge in [0.25, 0.3) is 0 Å². The summed E-state index contributed by atoms with van der Waals surface area (Å²) in [5.41, 5.74) is 6.62. The molecule has 0 aliphatic rings. The summed E-state index contributed by atoms with van der Waals surface area (Å²) in [6, 6.07) is 4.16. The molecule has 2 aromatic rings. The fourth-order valence-electron chi connectivity index (χ4n) is 1.58. The summed E-state index contributed by atoms with van der Waals surface area (Å²) < 4.78 is 15.9. The molecule has 0 saturated carbocycles. The van der Waals surface area contributed by atoms with Gasteiger partial charge in [0.2, 0.25) is 0 Å². The predicted octanol–water partition coefficient (Wildman–Crippen LogP) is 1.77. The molecule has 7 heteroatoms. The number of hydrogen-bond donors (Lipinski definition) is 2. The number of aromatic nitrogens is 2. The Morgan fingerprint density at radius 1 is 1.56 bits per heavy atom. The van der Waals surface area contributed by atoms with E-state index >= 15 is 0 Å². The third kappa shape index (κ3) is 2.78. The van der Waals surface area contributed by atoms with Crippen LogP contribution in [0.2, 0.25) is 0 Å². The lowest BCUT2D eigenvalue weighted by Crippen LogP contribution is -2.17. The first kappa shape index (κ1) is 12.8. The van der Waals surface area contributed by atoms with Crippen LogP contribution in [0.4, 0.5) is 4.39 Å². The number of halogens is 2. The van der Waals surface area contributed by atoms with E-state index in [1.54, 1.807) is 16.9 Å². The molecule has 0 aliphatic heterocycles. The van der Waals surface area contributed by atoms with Gasteiger partial charge in [0.05, 0.1) is 16.3 Å². The van der Waals surface area contributed by atoms with E-state index < -0.39 is 5.82 Å². The molecule has 2 rings (SSSR count). The quantitative estimate of drug-likeness (QED) is 0.288. The van der Waals surface area contributed by atoms with Crippen molar-refractivity contribution in [1.29, 1.82) is 0 Å². The Kier molecular flexibility index (Phi) is 3.80. The molecule has 0 radical (unpaired) electrons. The minimum atomic E-state index is -0.435. The largest absolute Gasteiger partial charge is 0.409 e. The van der Waals surface area contributed by atoms with E-state index in [9.17, 15) is 4.39 Å². The van der Waals surface area contributed by atoms with Crippen molar-refractivity contribution in [2.75, 3.05) is 0 Å². The highest BCUT2D eigenvalue weighted by Crippen LogP contribution is 2.13. The average Bonchev–Trinajstić information content (AvgIpc) is 2.76. The van der Waals surface area contributed by atoms with Crippen molar-refractivity contribution in [3.63, 3.8) is 0 Å². The maximum atomic E-state index is 13.2. The number of nitrogens with zero attached hydrogens (tertiary/aromatic N) is 3. The second kappa shape index (κ2) is 5.34. The Morgan fingerprint density at radius 3 is 2.94 bits per heavy atom. The van der Waals surface area contributed by atoms with Crippen LogP contribution in [0.25, 0.3) is 0 Å². The molecule has 3 N–H and O–H groups in total. The molecule has 0 fully saturated rings. The molecule has 0 unspecified atom stereocenters. The van der Waals surface area contributed by atoms with Gasteiger partial charge in [-0.1, -0.05) is 11.2 Å². The van der Waals surface area contributed by atoms with Gasteiger partial charge in [0, 0.05) is 11.8 Å². The van der Waals surface area contributed by atoms with Gasteiger partial charge >= 0.3 is 0 Å². The average molecular weight is 360 g/mol. The molecule has 1 aromatic heterocycles. The van der Waals surface area contributed by atoms with E-state index in [4.69, 9.17) is 10.9 Å². The molecule has 1 heterocycles. The highest BCUT2D eigenvalue weighted by Gasteiger charge is 2.09. The number of nitrogens with two attached hydrogens (primary N) is 1. The smallest absolute Gasteiger partial charge is 0.170 e. The summed E-state index contributed by atoms with van der Waals surface area (Å²) in [6.07, 6.45) is 3.56. The monoisotopic (exact) mass is 360 g/mol. The molecular weight excluding hydrogens is 350 g/mol. The molecular formula is C11H10FIN4O. The topological polar surface area (TPSA) is 76.4 Å². The van der Waals surface area contributed by atoms with Crippen LogP contribution < -0.4 is 5.73 Å².